The van der Waals surface area contributed by atoms with Crippen LogP contribution in [0.5, 0.6) is 0 Å². The fourth-order valence-corrected chi connectivity index (χ4v) is 5.29. The van der Waals surface area contributed by atoms with Crippen molar-refractivity contribution < 1.29 is 50.3 Å². The van der Waals surface area contributed by atoms with Crippen LogP contribution >= 0.6 is 0 Å². The standard InChI is InChI=1S/C20H27F3N4O8S/c21-20(22,23)35-7-15(28)13(6-11-3-4-24-16(11)29)26-17(30)14(5-10-1-2-10)27-19(32)18(31)25-12-8-36(33,34)9-12/h10-14H,1-9H2,(H,24,29)(H,25,31)(H,26,30)(H,27,32)/t11-,13-,14-/m0/s1. The second kappa shape index (κ2) is 11.1. The number of rotatable bonds is 11. The Bertz CT molecular complexity index is 1000. The summed E-state index contributed by atoms with van der Waals surface area (Å²) in [4.78, 5) is 61.8. The SMILES string of the molecule is O=C(NC1CS(=O)(=O)C1)C(=O)N[C@@H](CC1CC1)C(=O)N[C@@H](C[C@@H]1CCNC1=O)C(=O)COC(F)(F)F. The molecule has 1 saturated carbocycles. The Labute approximate surface area is 204 Å². The zero-order chi connectivity index (χ0) is 26.7. The summed E-state index contributed by atoms with van der Waals surface area (Å²) in [5.74, 6) is -6.03. The van der Waals surface area contributed by atoms with Crippen molar-refractivity contribution in [3.8, 4) is 0 Å². The molecule has 1 aliphatic carbocycles. The fourth-order valence-electron chi connectivity index (χ4n) is 3.99. The maximum atomic E-state index is 13.0. The molecule has 2 saturated heterocycles. The molecule has 0 unspecified atom stereocenters. The molecule has 2 aliphatic heterocycles. The van der Waals surface area contributed by atoms with E-state index >= 15 is 0 Å². The number of halogens is 3. The average molecular weight is 541 g/mol. The zero-order valence-electron chi connectivity index (χ0n) is 19.1. The predicted octanol–water partition coefficient (Wildman–Crippen LogP) is -1.70. The fraction of sp³-hybridized carbons (Fsp3) is 0.750. The minimum absolute atomic E-state index is 0.0595. The van der Waals surface area contributed by atoms with Crippen molar-refractivity contribution in [3.05, 3.63) is 0 Å². The van der Waals surface area contributed by atoms with Crippen LogP contribution < -0.4 is 21.3 Å². The van der Waals surface area contributed by atoms with Crippen LogP contribution in [0.4, 0.5) is 13.2 Å². The van der Waals surface area contributed by atoms with Crippen molar-refractivity contribution in [2.45, 2.75) is 56.6 Å². The number of Topliss-reactive ketones (excluding diaryl/α,β-unsaturated/α-hetero) is 1. The molecular weight excluding hydrogens is 513 g/mol. The van der Waals surface area contributed by atoms with Gasteiger partial charge in [-0.05, 0) is 25.2 Å². The molecule has 0 aromatic carbocycles. The maximum absolute atomic E-state index is 13.0. The van der Waals surface area contributed by atoms with Crippen LogP contribution in [0.15, 0.2) is 0 Å². The zero-order valence-corrected chi connectivity index (χ0v) is 19.9. The summed E-state index contributed by atoms with van der Waals surface area (Å²) >= 11 is 0. The van der Waals surface area contributed by atoms with Crippen molar-refractivity contribution >= 4 is 39.2 Å². The highest BCUT2D eigenvalue weighted by atomic mass is 32.2. The first-order valence-corrected chi connectivity index (χ1v) is 13.2. The van der Waals surface area contributed by atoms with Crippen LogP contribution in [0, 0.1) is 11.8 Å². The van der Waals surface area contributed by atoms with E-state index in [9.17, 15) is 45.6 Å². The Balaban J connectivity index is 1.63. The van der Waals surface area contributed by atoms with Gasteiger partial charge < -0.3 is 21.3 Å². The molecular formula is C20H27F3N4O8S. The molecule has 0 aromatic heterocycles. The maximum Gasteiger partial charge on any atom is 0.522 e. The largest absolute Gasteiger partial charge is 0.522 e. The van der Waals surface area contributed by atoms with E-state index in [0.29, 0.717) is 13.0 Å². The number of hydrogen-bond donors (Lipinski definition) is 4. The summed E-state index contributed by atoms with van der Waals surface area (Å²) in [5.41, 5.74) is 0. The molecule has 3 atom stereocenters. The van der Waals surface area contributed by atoms with Crippen molar-refractivity contribution in [3.63, 3.8) is 0 Å². The first-order valence-electron chi connectivity index (χ1n) is 11.4. The summed E-state index contributed by atoms with van der Waals surface area (Å²) in [6.07, 6.45) is -3.39. The highest BCUT2D eigenvalue weighted by molar-refractivity contribution is 7.92. The van der Waals surface area contributed by atoms with Crippen molar-refractivity contribution in [2.24, 2.45) is 11.8 Å². The first-order chi connectivity index (χ1) is 16.7. The minimum Gasteiger partial charge on any atom is -0.356 e. The van der Waals surface area contributed by atoms with Gasteiger partial charge in [-0.3, -0.25) is 28.7 Å². The van der Waals surface area contributed by atoms with Gasteiger partial charge in [0.15, 0.2) is 15.6 Å². The third-order valence-corrected chi connectivity index (χ3v) is 7.93. The number of sulfone groups is 1. The predicted molar refractivity (Wildman–Crippen MR) is 115 cm³/mol. The van der Waals surface area contributed by atoms with Crippen molar-refractivity contribution in [1.29, 1.82) is 0 Å². The first kappa shape index (κ1) is 27.8. The lowest BCUT2D eigenvalue weighted by Crippen LogP contribution is -2.58. The minimum atomic E-state index is -5.08. The molecule has 202 valence electrons. The van der Waals surface area contributed by atoms with Gasteiger partial charge in [0, 0.05) is 12.5 Å². The molecule has 16 heteroatoms. The third kappa shape index (κ3) is 8.43. The molecule has 12 nitrogen and oxygen atoms in total. The molecule has 0 bridgehead atoms. The number of alkyl halides is 3. The number of ketones is 1. The summed E-state index contributed by atoms with van der Waals surface area (Å²) in [6, 6.07) is -3.50. The monoisotopic (exact) mass is 540 g/mol. The van der Waals surface area contributed by atoms with Crippen LogP contribution in [0.2, 0.25) is 0 Å². The molecule has 3 fully saturated rings. The number of carbonyl (C=O) groups is 5. The second-order valence-electron chi connectivity index (χ2n) is 9.23. The molecule has 4 N–H and O–H groups in total. The van der Waals surface area contributed by atoms with Crippen LogP contribution in [0.3, 0.4) is 0 Å². The summed E-state index contributed by atoms with van der Waals surface area (Å²) in [7, 11) is -3.25. The number of amides is 4. The van der Waals surface area contributed by atoms with E-state index < -0.39 is 76.3 Å². The van der Waals surface area contributed by atoms with E-state index in [2.05, 4.69) is 26.0 Å². The van der Waals surface area contributed by atoms with E-state index in [1.54, 1.807) is 0 Å². The van der Waals surface area contributed by atoms with Gasteiger partial charge in [-0.1, -0.05) is 12.8 Å². The molecule has 3 rings (SSSR count). The molecule has 4 amide bonds. The Morgan fingerprint density at radius 1 is 1.00 bits per heavy atom. The lowest BCUT2D eigenvalue weighted by Gasteiger charge is -2.27. The van der Waals surface area contributed by atoms with E-state index in [1.807, 2.05) is 0 Å². The summed E-state index contributed by atoms with van der Waals surface area (Å²) in [5, 5.41) is 9.34. The van der Waals surface area contributed by atoms with Crippen LogP contribution in [-0.4, -0.2) is 87.0 Å². The molecule has 3 aliphatic rings. The Morgan fingerprint density at radius 2 is 1.67 bits per heavy atom. The van der Waals surface area contributed by atoms with Gasteiger partial charge in [0.05, 0.1) is 23.6 Å². The number of ether oxygens (including phenoxy) is 1. The van der Waals surface area contributed by atoms with Gasteiger partial charge in [-0.2, -0.15) is 0 Å². The summed E-state index contributed by atoms with van der Waals surface area (Å²) in [6.45, 7) is -1.07. The Hall–Kier alpha value is -2.75. The molecule has 36 heavy (non-hydrogen) atoms. The topological polar surface area (TPSA) is 177 Å². The van der Waals surface area contributed by atoms with E-state index in [1.165, 1.54) is 0 Å². The van der Waals surface area contributed by atoms with Crippen LogP contribution in [-0.2, 0) is 38.5 Å². The van der Waals surface area contributed by atoms with E-state index in [-0.39, 0.29) is 30.3 Å². The Morgan fingerprint density at radius 3 is 2.19 bits per heavy atom. The molecule has 0 spiro atoms. The van der Waals surface area contributed by atoms with Gasteiger partial charge >= 0.3 is 18.2 Å². The lowest BCUT2D eigenvalue weighted by molar-refractivity contribution is -0.321. The van der Waals surface area contributed by atoms with Gasteiger partial charge in [-0.15, -0.1) is 13.2 Å². The van der Waals surface area contributed by atoms with Gasteiger partial charge in [0.1, 0.15) is 12.6 Å². The highest BCUT2D eigenvalue weighted by Crippen LogP contribution is 2.33. The summed E-state index contributed by atoms with van der Waals surface area (Å²) < 4.78 is 63.3. The van der Waals surface area contributed by atoms with Crippen LogP contribution in [0.1, 0.15) is 32.1 Å². The van der Waals surface area contributed by atoms with Gasteiger partial charge in [0.25, 0.3) is 0 Å². The van der Waals surface area contributed by atoms with Gasteiger partial charge in [0.2, 0.25) is 11.8 Å². The highest BCUT2D eigenvalue weighted by Gasteiger charge is 2.39. The number of hydrogen-bond acceptors (Lipinski definition) is 8. The number of nitrogens with one attached hydrogen (secondary N) is 4. The average Bonchev–Trinajstić information content (AvgIpc) is 3.48. The molecule has 0 radical (unpaired) electrons. The molecule has 0 aromatic rings. The smallest absolute Gasteiger partial charge is 0.356 e. The lowest BCUT2D eigenvalue weighted by atomic mass is 9.95. The number of carbonyl (C=O) groups excluding carboxylic acids is 5. The van der Waals surface area contributed by atoms with E-state index in [4.69, 9.17) is 0 Å². The second-order valence-corrected chi connectivity index (χ2v) is 11.4. The van der Waals surface area contributed by atoms with Crippen LogP contribution in [0.25, 0.3) is 0 Å². The van der Waals surface area contributed by atoms with E-state index in [0.717, 1.165) is 12.8 Å². The molecule has 2 heterocycles. The Kier molecular flexibility index (Phi) is 8.59. The normalized spacial score (nSPS) is 23.1. The van der Waals surface area contributed by atoms with Gasteiger partial charge in [-0.25, -0.2) is 8.42 Å². The van der Waals surface area contributed by atoms with Crippen molar-refractivity contribution in [2.75, 3.05) is 24.7 Å². The van der Waals surface area contributed by atoms with Crippen molar-refractivity contribution in [1.82, 2.24) is 21.3 Å². The third-order valence-electron chi connectivity index (χ3n) is 6.11. The quantitative estimate of drug-likeness (QED) is 0.224.